The number of carbonyl (C=O) groups is 1. The fourth-order valence-electron chi connectivity index (χ4n) is 2.34. The van der Waals surface area contributed by atoms with Gasteiger partial charge >= 0.3 is 65.4 Å². The molecule has 0 saturated carbocycles. The van der Waals surface area contributed by atoms with Crippen LogP contribution in [-0.4, -0.2) is 88.6 Å². The first-order chi connectivity index (χ1) is 12.1. The molecule has 1 atom stereocenters. The van der Waals surface area contributed by atoms with Gasteiger partial charge in [0.05, 0.1) is 0 Å². The Labute approximate surface area is 210 Å². The minimum atomic E-state index is -4.64. The van der Waals surface area contributed by atoms with Gasteiger partial charge in [-0.1, -0.05) is 90.4 Å². The molecule has 0 aliphatic carbocycles. The summed E-state index contributed by atoms with van der Waals surface area (Å²) in [5.74, 6) is 0. The van der Waals surface area contributed by atoms with E-state index in [1.54, 1.807) is 0 Å². The van der Waals surface area contributed by atoms with Crippen LogP contribution in [0.1, 0.15) is 96.8 Å². The van der Waals surface area contributed by atoms with Crippen molar-refractivity contribution in [1.29, 1.82) is 0 Å². The zero-order chi connectivity index (χ0) is 20.7. The van der Waals surface area contributed by atoms with Crippen LogP contribution in [0.15, 0.2) is 0 Å². The molecule has 0 rings (SSSR count). The third kappa shape index (κ3) is 74.5. The van der Waals surface area contributed by atoms with Gasteiger partial charge in [0.15, 0.2) is 0 Å². The third-order valence-electron chi connectivity index (χ3n) is 3.56. The second-order valence-electron chi connectivity index (χ2n) is 6.18. The Morgan fingerprint density at radius 3 is 1.07 bits per heavy atom. The van der Waals surface area contributed by atoms with E-state index >= 15 is 0 Å². The van der Waals surface area contributed by atoms with Gasteiger partial charge in [-0.2, -0.15) is 0 Å². The Hall–Kier alpha value is 1.45. The van der Waals surface area contributed by atoms with Crippen LogP contribution in [0, 0.1) is 0 Å². The average molecular weight is 459 g/mol. The van der Waals surface area contributed by atoms with E-state index in [4.69, 9.17) is 34.3 Å². The summed E-state index contributed by atoms with van der Waals surface area (Å²) in [5.41, 5.74) is 0. The van der Waals surface area contributed by atoms with Crippen LogP contribution in [-0.2, 0) is 4.57 Å². The van der Waals surface area contributed by atoms with E-state index in [9.17, 15) is 0 Å². The molecule has 10 heteroatoms. The Kier molecular flexibility index (Phi) is 39.4. The standard InChI is InChI=1S/C16H35P.CH2O3.K.H3O4P.H/c1-2-3-4-5-6-7-8-9-10-11-12-13-14-15-16-17;2-1(3)4;;1-5(2,3)4;/h2-17H2,1H3;(H2,2,3,4);;(H3,1,2,3,4);. The van der Waals surface area contributed by atoms with Crippen molar-refractivity contribution in [2.45, 2.75) is 96.8 Å². The van der Waals surface area contributed by atoms with Crippen molar-refractivity contribution in [3.63, 3.8) is 0 Å². The summed E-state index contributed by atoms with van der Waals surface area (Å²) in [7, 11) is -1.82. The second kappa shape index (κ2) is 29.6. The van der Waals surface area contributed by atoms with Gasteiger partial charge in [0.25, 0.3) is 0 Å². The summed E-state index contributed by atoms with van der Waals surface area (Å²) in [6, 6.07) is 0. The van der Waals surface area contributed by atoms with Gasteiger partial charge in [-0.05, 0) is 12.6 Å². The number of phosphoric acid groups is 1. The van der Waals surface area contributed by atoms with Crippen molar-refractivity contribution in [3.8, 4) is 0 Å². The normalized spacial score (nSPS) is 9.96. The molecule has 0 aliphatic rings. The molecule has 27 heavy (non-hydrogen) atoms. The molecule has 0 saturated heterocycles. The average Bonchev–Trinajstić information content (AvgIpc) is 2.50. The predicted octanol–water partition coefficient (Wildman–Crippen LogP) is 4.99. The molecule has 5 N–H and O–H groups in total. The first-order valence-corrected chi connectivity index (χ1v) is 11.9. The molecule has 0 aliphatic heterocycles. The Morgan fingerprint density at radius 1 is 0.704 bits per heavy atom. The minimum absolute atomic E-state index is 0. The van der Waals surface area contributed by atoms with Crippen LogP contribution in [0.5, 0.6) is 0 Å². The maximum absolute atomic E-state index is 8.88. The molecule has 0 bridgehead atoms. The van der Waals surface area contributed by atoms with Gasteiger partial charge in [0.1, 0.15) is 0 Å². The molecule has 0 spiro atoms. The quantitative estimate of drug-likeness (QED) is 0.141. The van der Waals surface area contributed by atoms with E-state index in [1.165, 1.54) is 96.1 Å². The summed E-state index contributed by atoms with van der Waals surface area (Å²) in [4.78, 5) is 30.1. The molecule has 7 nitrogen and oxygen atoms in total. The fourth-order valence-corrected chi connectivity index (χ4v) is 2.63. The summed E-state index contributed by atoms with van der Waals surface area (Å²) < 4.78 is 8.88. The number of unbranched alkanes of at least 4 members (excludes halogenated alkanes) is 13. The van der Waals surface area contributed by atoms with Crippen molar-refractivity contribution in [1.82, 2.24) is 0 Å². The Balaban J connectivity index is -0.000000220. The van der Waals surface area contributed by atoms with Gasteiger partial charge < -0.3 is 24.9 Å². The third-order valence-corrected chi connectivity index (χ3v) is 3.97. The van der Waals surface area contributed by atoms with Gasteiger partial charge in [-0.25, -0.2) is 9.36 Å². The van der Waals surface area contributed by atoms with Crippen LogP contribution in [0.3, 0.4) is 0 Å². The Bertz CT molecular complexity index is 302. The van der Waals surface area contributed by atoms with Gasteiger partial charge in [0, 0.05) is 0 Å². The summed E-state index contributed by atoms with van der Waals surface area (Å²) in [6.07, 6.45) is 19.9. The molecule has 162 valence electrons. The molecule has 1 unspecified atom stereocenters. The molecule has 0 aromatic rings. The summed E-state index contributed by atoms with van der Waals surface area (Å²) >= 11 is 0. The SMILES string of the molecule is CCCCCCCCCCCCCCCCP.O=C(O)O.O=P(O)(O)O.[KH]. The van der Waals surface area contributed by atoms with Crippen LogP contribution < -0.4 is 0 Å². The van der Waals surface area contributed by atoms with Crippen molar-refractivity contribution in [3.05, 3.63) is 0 Å². The molecule has 0 heterocycles. The summed E-state index contributed by atoms with van der Waals surface area (Å²) in [5, 5.41) is 13.9. The monoisotopic (exact) mass is 458 g/mol. The van der Waals surface area contributed by atoms with E-state index in [-0.39, 0.29) is 51.4 Å². The number of rotatable bonds is 14. The van der Waals surface area contributed by atoms with Gasteiger partial charge in [0.2, 0.25) is 0 Å². The van der Waals surface area contributed by atoms with Crippen LogP contribution in [0.4, 0.5) is 4.79 Å². The molecule has 0 fully saturated rings. The second-order valence-corrected chi connectivity index (χ2v) is 7.78. The van der Waals surface area contributed by atoms with E-state index in [0.717, 1.165) is 0 Å². The van der Waals surface area contributed by atoms with Crippen molar-refractivity contribution < 1.29 is 34.3 Å². The van der Waals surface area contributed by atoms with Crippen LogP contribution in [0.25, 0.3) is 0 Å². The van der Waals surface area contributed by atoms with Crippen LogP contribution in [0.2, 0.25) is 0 Å². The molecule has 0 aromatic carbocycles. The molecular weight excluding hydrogens is 417 g/mol. The fraction of sp³-hybridized carbons (Fsp3) is 0.941. The molecule has 0 radical (unpaired) electrons. The van der Waals surface area contributed by atoms with E-state index in [1.807, 2.05) is 0 Å². The Morgan fingerprint density at radius 2 is 0.889 bits per heavy atom. The first kappa shape index (κ1) is 35.9. The van der Waals surface area contributed by atoms with Gasteiger partial charge in [-0.3, -0.25) is 0 Å². The number of carboxylic acid groups (broad SMARTS) is 2. The van der Waals surface area contributed by atoms with Crippen molar-refractivity contribution in [2.24, 2.45) is 0 Å². The van der Waals surface area contributed by atoms with Crippen molar-refractivity contribution in [2.75, 3.05) is 6.16 Å². The van der Waals surface area contributed by atoms with E-state index in [2.05, 4.69) is 16.2 Å². The number of hydrogen-bond acceptors (Lipinski definition) is 2. The van der Waals surface area contributed by atoms with E-state index < -0.39 is 14.0 Å². The predicted molar refractivity (Wildman–Crippen MR) is 117 cm³/mol. The summed E-state index contributed by atoms with van der Waals surface area (Å²) in [6.45, 7) is 2.29. The topological polar surface area (TPSA) is 135 Å². The zero-order valence-electron chi connectivity index (χ0n) is 16.2. The first-order valence-electron chi connectivity index (χ1n) is 9.55. The van der Waals surface area contributed by atoms with Crippen molar-refractivity contribution >= 4 is 74.6 Å². The zero-order valence-corrected chi connectivity index (χ0v) is 18.2. The molecule has 0 amide bonds. The van der Waals surface area contributed by atoms with E-state index in [0.29, 0.717) is 0 Å². The van der Waals surface area contributed by atoms with Gasteiger partial charge in [-0.15, -0.1) is 9.24 Å². The van der Waals surface area contributed by atoms with Crippen LogP contribution >= 0.6 is 17.1 Å². The molecular formula is C17H41KO7P2. The maximum atomic E-state index is 8.88. The molecule has 0 aromatic heterocycles. The number of hydrogen-bond donors (Lipinski definition) is 5.